The van der Waals surface area contributed by atoms with Crippen LogP contribution < -0.4 is 9.05 Å². The fourth-order valence-corrected chi connectivity index (χ4v) is 6.89. The number of nitrogens with zero attached hydrogens (tertiary/aromatic N) is 3. The Morgan fingerprint density at radius 2 is 1.17 bits per heavy atom. The molecule has 0 spiro atoms. The van der Waals surface area contributed by atoms with Gasteiger partial charge in [0.1, 0.15) is 11.5 Å². The van der Waals surface area contributed by atoms with E-state index in [0.29, 0.717) is 11.5 Å². The number of para-hydroxylation sites is 2. The lowest BCUT2D eigenvalue weighted by molar-refractivity contribution is 0.487. The summed E-state index contributed by atoms with van der Waals surface area (Å²) in [5, 5.41) is 0. The molecule has 0 aliphatic carbocycles. The standard InChI is InChI=1S/C16H22N3O2P2S/c1-18(2)22(19(3)4)17-23(24,20-15-11-7-5-8-12-15)21-16-13-9-6-10-14-16/h5-14H,1-4H3/q+1. The summed E-state index contributed by atoms with van der Waals surface area (Å²) in [6.07, 6.45) is 0. The molecule has 0 saturated heterocycles. The second-order valence-electron chi connectivity index (χ2n) is 5.33. The molecular weight excluding hydrogens is 360 g/mol. The highest BCUT2D eigenvalue weighted by Gasteiger charge is 2.33. The summed E-state index contributed by atoms with van der Waals surface area (Å²) >= 11 is 5.74. The molecule has 2 aromatic carbocycles. The third kappa shape index (κ3) is 5.66. The van der Waals surface area contributed by atoms with Gasteiger partial charge in [-0.2, -0.15) is 0 Å². The second-order valence-corrected chi connectivity index (χ2v) is 10.9. The molecule has 0 fully saturated rings. The van der Waals surface area contributed by atoms with Crippen LogP contribution in [0.1, 0.15) is 0 Å². The summed E-state index contributed by atoms with van der Waals surface area (Å²) in [5.74, 6) is 1.32. The SMILES string of the molecule is CN(C)[P+](=NP(=S)(Oc1ccccc1)Oc1ccccc1)N(C)C. The van der Waals surface area contributed by atoms with Crippen LogP contribution >= 0.6 is 14.7 Å². The summed E-state index contributed by atoms with van der Waals surface area (Å²) in [4.78, 5) is 0. The highest BCUT2D eigenvalue weighted by molar-refractivity contribution is 8.10. The zero-order valence-corrected chi connectivity index (χ0v) is 16.8. The zero-order chi connectivity index (χ0) is 17.6. The van der Waals surface area contributed by atoms with Crippen LogP contribution in [0.2, 0.25) is 0 Å². The Balaban J connectivity index is 2.40. The molecule has 0 atom stereocenters. The topological polar surface area (TPSA) is 37.3 Å². The van der Waals surface area contributed by atoms with Crippen molar-refractivity contribution in [1.82, 2.24) is 9.34 Å². The van der Waals surface area contributed by atoms with Crippen molar-refractivity contribution < 1.29 is 9.05 Å². The monoisotopic (exact) mass is 382 g/mol. The molecule has 0 amide bonds. The maximum atomic E-state index is 6.04. The third-order valence-electron chi connectivity index (χ3n) is 2.83. The lowest BCUT2D eigenvalue weighted by atomic mass is 10.3. The van der Waals surface area contributed by atoms with E-state index in [9.17, 15) is 0 Å². The van der Waals surface area contributed by atoms with Crippen LogP contribution in [0, 0.1) is 0 Å². The molecule has 0 unspecified atom stereocenters. The molecule has 128 valence electrons. The first kappa shape index (κ1) is 19.0. The molecule has 0 aliphatic heterocycles. The van der Waals surface area contributed by atoms with Gasteiger partial charge >= 0.3 is 14.7 Å². The van der Waals surface area contributed by atoms with Crippen LogP contribution in [0.15, 0.2) is 65.2 Å². The second kappa shape index (κ2) is 8.70. The average Bonchev–Trinajstić information content (AvgIpc) is 2.54. The Bertz CT molecular complexity index is 669. The highest BCUT2D eigenvalue weighted by Crippen LogP contribution is 2.56. The summed E-state index contributed by atoms with van der Waals surface area (Å²) in [5.41, 5.74) is 0. The van der Waals surface area contributed by atoms with Gasteiger partial charge in [0.05, 0.1) is 0 Å². The highest BCUT2D eigenvalue weighted by atomic mass is 32.5. The van der Waals surface area contributed by atoms with E-state index in [1.165, 1.54) is 0 Å². The lowest BCUT2D eigenvalue weighted by Crippen LogP contribution is -2.12. The summed E-state index contributed by atoms with van der Waals surface area (Å²) < 4.78 is 20.9. The molecule has 0 radical (unpaired) electrons. The maximum Gasteiger partial charge on any atom is 0.455 e. The Hall–Kier alpha value is -1.29. The van der Waals surface area contributed by atoms with Crippen molar-refractivity contribution in [3.05, 3.63) is 60.7 Å². The first-order valence-corrected chi connectivity index (χ1v) is 11.2. The van der Waals surface area contributed by atoms with Crippen molar-refractivity contribution in [3.63, 3.8) is 0 Å². The minimum atomic E-state index is -2.92. The average molecular weight is 382 g/mol. The molecule has 0 aromatic heterocycles. The normalized spacial score (nSPS) is 11.4. The van der Waals surface area contributed by atoms with Gasteiger partial charge in [-0.05, 0) is 24.3 Å². The minimum absolute atomic E-state index is 0.660. The molecule has 2 aromatic rings. The van der Waals surface area contributed by atoms with E-state index in [-0.39, 0.29) is 0 Å². The van der Waals surface area contributed by atoms with Gasteiger partial charge in [0, 0.05) is 44.5 Å². The van der Waals surface area contributed by atoms with E-state index in [1.54, 1.807) is 0 Å². The van der Waals surface area contributed by atoms with E-state index in [1.807, 2.05) is 98.2 Å². The number of hydrogen-bond donors (Lipinski definition) is 0. The van der Waals surface area contributed by atoms with Crippen LogP contribution in [0.5, 0.6) is 11.5 Å². The van der Waals surface area contributed by atoms with Crippen molar-refractivity contribution in [3.8, 4) is 11.5 Å². The van der Waals surface area contributed by atoms with Gasteiger partial charge in [0.25, 0.3) is 0 Å². The molecule has 5 nitrogen and oxygen atoms in total. The maximum absolute atomic E-state index is 6.04. The molecule has 0 heterocycles. The quantitative estimate of drug-likeness (QED) is 0.631. The van der Waals surface area contributed by atoms with Crippen LogP contribution in [-0.2, 0) is 11.8 Å². The zero-order valence-electron chi connectivity index (χ0n) is 14.2. The van der Waals surface area contributed by atoms with Crippen molar-refractivity contribution >= 4 is 26.5 Å². The minimum Gasteiger partial charge on any atom is -0.417 e. The predicted octanol–water partition coefficient (Wildman–Crippen LogP) is 4.99. The van der Waals surface area contributed by atoms with Crippen molar-refractivity contribution in [2.45, 2.75) is 0 Å². The first-order chi connectivity index (χ1) is 11.4. The van der Waals surface area contributed by atoms with Crippen LogP contribution in [0.25, 0.3) is 0 Å². The number of benzene rings is 2. The van der Waals surface area contributed by atoms with E-state index in [2.05, 4.69) is 0 Å². The van der Waals surface area contributed by atoms with Gasteiger partial charge in [0.15, 0.2) is 0 Å². The van der Waals surface area contributed by atoms with E-state index in [4.69, 9.17) is 25.4 Å². The van der Waals surface area contributed by atoms with Gasteiger partial charge in [-0.1, -0.05) is 36.4 Å². The largest absolute Gasteiger partial charge is 0.455 e. The molecule has 0 saturated carbocycles. The molecule has 0 N–H and O–H groups in total. The van der Waals surface area contributed by atoms with Gasteiger partial charge in [-0.25, -0.2) is 0 Å². The third-order valence-corrected chi connectivity index (χ3v) is 7.77. The van der Waals surface area contributed by atoms with Gasteiger partial charge in [-0.15, -0.1) is 9.34 Å². The molecule has 2 rings (SSSR count). The van der Waals surface area contributed by atoms with Crippen LogP contribution in [-0.4, -0.2) is 37.5 Å². The van der Waals surface area contributed by atoms with Crippen molar-refractivity contribution in [2.24, 2.45) is 4.52 Å². The molecule has 8 heteroatoms. The molecule has 24 heavy (non-hydrogen) atoms. The molecule has 0 aliphatic rings. The lowest BCUT2D eigenvalue weighted by Gasteiger charge is -2.18. The van der Waals surface area contributed by atoms with E-state index in [0.717, 1.165) is 0 Å². The fourth-order valence-electron chi connectivity index (χ4n) is 1.90. The number of hydrogen-bond acceptors (Lipinski definition) is 3. The van der Waals surface area contributed by atoms with Crippen LogP contribution in [0.3, 0.4) is 0 Å². The van der Waals surface area contributed by atoms with Crippen molar-refractivity contribution in [2.75, 3.05) is 28.2 Å². The van der Waals surface area contributed by atoms with E-state index < -0.39 is 14.7 Å². The van der Waals surface area contributed by atoms with E-state index >= 15 is 0 Å². The summed E-state index contributed by atoms with van der Waals surface area (Å²) in [6, 6.07) is 18.9. The predicted molar refractivity (Wildman–Crippen MR) is 105 cm³/mol. The fraction of sp³-hybridized carbons (Fsp3) is 0.250. The van der Waals surface area contributed by atoms with Gasteiger partial charge < -0.3 is 9.05 Å². The Labute approximate surface area is 150 Å². The molecular formula is C16H22N3O2P2S+. The van der Waals surface area contributed by atoms with Crippen molar-refractivity contribution in [1.29, 1.82) is 0 Å². The smallest absolute Gasteiger partial charge is 0.417 e. The summed E-state index contributed by atoms with van der Waals surface area (Å²) in [7, 11) is 6.92. The van der Waals surface area contributed by atoms with Gasteiger partial charge in [-0.3, -0.25) is 0 Å². The molecule has 0 bridgehead atoms. The van der Waals surface area contributed by atoms with Crippen LogP contribution in [0.4, 0.5) is 0 Å². The Morgan fingerprint density at radius 3 is 1.50 bits per heavy atom. The summed E-state index contributed by atoms with van der Waals surface area (Å²) in [6.45, 7) is -2.92. The Kier molecular flexibility index (Phi) is 6.90. The van der Waals surface area contributed by atoms with Gasteiger partial charge in [0.2, 0.25) is 0 Å². The first-order valence-electron chi connectivity index (χ1n) is 7.37. The Morgan fingerprint density at radius 1 is 0.792 bits per heavy atom. The number of rotatable bonds is 7.